The van der Waals surface area contributed by atoms with E-state index in [0.717, 1.165) is 4.68 Å². The van der Waals surface area contributed by atoms with Crippen LogP contribution in [-0.2, 0) is 13.2 Å². The van der Waals surface area contributed by atoms with Crippen LogP contribution in [0, 0.1) is 29.1 Å². The summed E-state index contributed by atoms with van der Waals surface area (Å²) >= 11 is 5.81. The first-order valence-corrected chi connectivity index (χ1v) is 9.93. The molecule has 2 heterocycles. The van der Waals surface area contributed by atoms with Gasteiger partial charge >= 0.3 is 0 Å². The lowest BCUT2D eigenvalue weighted by atomic mass is 10.1. The number of furan rings is 1. The van der Waals surface area contributed by atoms with Gasteiger partial charge in [0.2, 0.25) is 5.82 Å². The third-order valence-corrected chi connectivity index (χ3v) is 4.84. The van der Waals surface area contributed by atoms with E-state index in [1.54, 1.807) is 24.3 Å². The van der Waals surface area contributed by atoms with Gasteiger partial charge in [-0.05, 0) is 36.4 Å². The first-order chi connectivity index (χ1) is 16.2. The molecule has 0 saturated heterocycles. The minimum atomic E-state index is -2.25. The maximum Gasteiger partial charge on any atom is 0.292 e. The van der Waals surface area contributed by atoms with Crippen LogP contribution in [0.15, 0.2) is 53.1 Å². The molecule has 1 amide bonds. The lowest BCUT2D eigenvalue weighted by Gasteiger charge is -2.08. The van der Waals surface area contributed by atoms with Crippen LogP contribution < -0.4 is 10.1 Å². The van der Waals surface area contributed by atoms with E-state index in [1.165, 1.54) is 24.4 Å². The summed E-state index contributed by atoms with van der Waals surface area (Å²) < 4.78 is 79.5. The van der Waals surface area contributed by atoms with Crippen LogP contribution in [-0.4, -0.2) is 15.7 Å². The Morgan fingerprint density at radius 1 is 0.941 bits per heavy atom. The number of nitrogens with zero attached hydrogens (tertiary/aromatic N) is 2. The molecule has 6 nitrogen and oxygen atoms in total. The zero-order valence-corrected chi connectivity index (χ0v) is 17.7. The lowest BCUT2D eigenvalue weighted by molar-refractivity contribution is 0.0992. The van der Waals surface area contributed by atoms with Crippen LogP contribution >= 0.6 is 11.6 Å². The van der Waals surface area contributed by atoms with Gasteiger partial charge in [-0.15, -0.1) is 0 Å². The van der Waals surface area contributed by atoms with Gasteiger partial charge in [-0.25, -0.2) is 22.0 Å². The number of ether oxygens (including phenoxy) is 1. The molecule has 4 aromatic rings. The van der Waals surface area contributed by atoms with E-state index >= 15 is 0 Å². The molecule has 0 fully saturated rings. The predicted molar refractivity (Wildman–Crippen MR) is 110 cm³/mol. The Morgan fingerprint density at radius 2 is 1.59 bits per heavy atom. The smallest absolute Gasteiger partial charge is 0.292 e. The molecule has 34 heavy (non-hydrogen) atoms. The first kappa shape index (κ1) is 23.3. The van der Waals surface area contributed by atoms with E-state index in [0.29, 0.717) is 16.5 Å². The molecular formula is C22H13ClF5N3O3. The number of benzene rings is 2. The Bertz CT molecular complexity index is 1330. The Labute approximate surface area is 193 Å². The van der Waals surface area contributed by atoms with Crippen molar-refractivity contribution in [2.45, 2.75) is 13.2 Å². The molecule has 2 aromatic heterocycles. The number of nitrogens with one attached hydrogen (secondary N) is 1. The maximum absolute atomic E-state index is 13.9. The molecule has 12 heteroatoms. The normalized spacial score (nSPS) is 11.0. The Kier molecular flexibility index (Phi) is 6.55. The Balaban J connectivity index is 1.39. The molecule has 0 aliphatic heterocycles. The number of anilines is 1. The number of rotatable bonds is 7. The molecule has 2 aromatic carbocycles. The predicted octanol–water partition coefficient (Wildman–Crippen LogP) is 5.70. The third kappa shape index (κ3) is 4.88. The number of halogens is 6. The van der Waals surface area contributed by atoms with Gasteiger partial charge in [0.15, 0.2) is 34.8 Å². The van der Waals surface area contributed by atoms with Crippen LogP contribution in [0.5, 0.6) is 5.75 Å². The maximum atomic E-state index is 13.9. The van der Waals surface area contributed by atoms with E-state index in [-0.39, 0.29) is 18.2 Å². The van der Waals surface area contributed by atoms with Crippen molar-refractivity contribution in [2.75, 3.05) is 5.32 Å². The fraction of sp³-hybridized carbons (Fsp3) is 0.0909. The van der Waals surface area contributed by atoms with Crippen LogP contribution in [0.4, 0.5) is 27.8 Å². The lowest BCUT2D eigenvalue weighted by Crippen LogP contribution is -2.13. The highest BCUT2D eigenvalue weighted by molar-refractivity contribution is 6.30. The van der Waals surface area contributed by atoms with Crippen molar-refractivity contribution in [3.05, 3.63) is 99.9 Å². The third-order valence-electron chi connectivity index (χ3n) is 4.58. The minimum Gasteiger partial charge on any atom is -0.486 e. The molecule has 0 saturated carbocycles. The average molecular weight is 498 g/mol. The van der Waals surface area contributed by atoms with Crippen molar-refractivity contribution in [3.63, 3.8) is 0 Å². The highest BCUT2D eigenvalue weighted by atomic mass is 35.5. The monoisotopic (exact) mass is 497 g/mol. The highest BCUT2D eigenvalue weighted by Crippen LogP contribution is 2.24. The molecule has 0 bridgehead atoms. The largest absolute Gasteiger partial charge is 0.486 e. The Morgan fingerprint density at radius 3 is 2.26 bits per heavy atom. The second-order valence-corrected chi connectivity index (χ2v) is 7.35. The summed E-state index contributed by atoms with van der Waals surface area (Å²) in [5.74, 6) is -10.1. The number of hydrogen-bond acceptors (Lipinski definition) is 4. The van der Waals surface area contributed by atoms with Gasteiger partial charge in [-0.2, -0.15) is 5.10 Å². The molecule has 0 aliphatic carbocycles. The van der Waals surface area contributed by atoms with E-state index in [1.807, 2.05) is 0 Å². The van der Waals surface area contributed by atoms with Crippen molar-refractivity contribution in [3.8, 4) is 5.75 Å². The van der Waals surface area contributed by atoms with E-state index < -0.39 is 47.1 Å². The number of carbonyl (C=O) groups excluding carboxylic acids is 1. The van der Waals surface area contributed by atoms with Gasteiger partial charge in [-0.3, -0.25) is 9.48 Å². The van der Waals surface area contributed by atoms with Gasteiger partial charge in [0, 0.05) is 17.3 Å². The summed E-state index contributed by atoms with van der Waals surface area (Å²) in [6, 6.07) is 10.9. The van der Waals surface area contributed by atoms with Crippen LogP contribution in [0.1, 0.15) is 21.9 Å². The van der Waals surface area contributed by atoms with Crippen molar-refractivity contribution in [1.82, 2.24) is 9.78 Å². The first-order valence-electron chi connectivity index (χ1n) is 9.55. The van der Waals surface area contributed by atoms with Gasteiger partial charge in [0.25, 0.3) is 5.91 Å². The number of amides is 1. The highest BCUT2D eigenvalue weighted by Gasteiger charge is 2.26. The second kappa shape index (κ2) is 9.56. The summed E-state index contributed by atoms with van der Waals surface area (Å²) in [6.07, 6.45) is 1.20. The van der Waals surface area contributed by atoms with Gasteiger partial charge in [-0.1, -0.05) is 11.6 Å². The fourth-order valence-electron chi connectivity index (χ4n) is 2.91. The van der Waals surface area contributed by atoms with Crippen molar-refractivity contribution in [2.24, 2.45) is 0 Å². The van der Waals surface area contributed by atoms with Crippen LogP contribution in [0.25, 0.3) is 0 Å². The number of carbonyl (C=O) groups is 1. The van der Waals surface area contributed by atoms with E-state index in [9.17, 15) is 26.7 Å². The molecular weight excluding hydrogens is 485 g/mol. The number of aromatic nitrogens is 2. The van der Waals surface area contributed by atoms with Crippen molar-refractivity contribution < 1.29 is 35.9 Å². The van der Waals surface area contributed by atoms with Crippen LogP contribution in [0.3, 0.4) is 0 Å². The second-order valence-electron chi connectivity index (χ2n) is 6.91. The number of hydrogen-bond donors (Lipinski definition) is 1. The zero-order valence-electron chi connectivity index (χ0n) is 16.9. The molecule has 0 radical (unpaired) electrons. The fourth-order valence-corrected chi connectivity index (χ4v) is 3.03. The van der Waals surface area contributed by atoms with Gasteiger partial charge < -0.3 is 14.5 Å². The molecule has 0 spiro atoms. The van der Waals surface area contributed by atoms with Crippen LogP contribution in [0.2, 0.25) is 5.02 Å². The van der Waals surface area contributed by atoms with Gasteiger partial charge in [0.05, 0.1) is 12.1 Å². The molecule has 1 N–H and O–H groups in total. The van der Waals surface area contributed by atoms with E-state index in [4.69, 9.17) is 20.8 Å². The zero-order chi connectivity index (χ0) is 24.4. The SMILES string of the molecule is O=C(Nc1ccn(Cc2c(F)c(F)c(F)c(F)c2F)n1)c1ccc(COc2ccc(Cl)cc2)o1. The topological polar surface area (TPSA) is 69.3 Å². The summed E-state index contributed by atoms with van der Waals surface area (Å²) in [4.78, 5) is 12.4. The quantitative estimate of drug-likeness (QED) is 0.202. The summed E-state index contributed by atoms with van der Waals surface area (Å²) in [7, 11) is 0. The summed E-state index contributed by atoms with van der Waals surface area (Å²) in [5, 5.41) is 6.82. The van der Waals surface area contributed by atoms with E-state index in [2.05, 4.69) is 10.4 Å². The standard InChI is InChI=1S/C22H13ClF5N3O3/c23-11-1-3-12(4-2-11)33-10-13-5-6-15(34-13)22(32)29-16-7-8-31(30-16)9-14-17(24)19(26)21(28)20(27)18(14)25/h1-8H,9-10H2,(H,29,30,32). The summed E-state index contributed by atoms with van der Waals surface area (Å²) in [6.45, 7) is -0.708. The Hall–Kier alpha value is -3.86. The molecule has 176 valence electrons. The molecule has 0 unspecified atom stereocenters. The average Bonchev–Trinajstić information content (AvgIpc) is 3.48. The molecule has 0 aliphatic rings. The van der Waals surface area contributed by atoms with Crippen molar-refractivity contribution >= 4 is 23.3 Å². The molecule has 0 atom stereocenters. The minimum absolute atomic E-state index is 0.0377. The van der Waals surface area contributed by atoms with Gasteiger partial charge in [0.1, 0.15) is 18.1 Å². The summed E-state index contributed by atoms with van der Waals surface area (Å²) in [5.41, 5.74) is -1.06. The molecule has 4 rings (SSSR count). The van der Waals surface area contributed by atoms with Crippen molar-refractivity contribution in [1.29, 1.82) is 0 Å².